The first-order valence-corrected chi connectivity index (χ1v) is 11.7. The molecule has 2 heterocycles. The standard InChI is InChI=1S/C23H35ClN4O3/c1-4-5-21(29)23(31)28-10-8-17(9-11-28)26-12-14-27(15-13-26)18-6-7-19(20(24)16-18)22(30)25(2)3/h6-7,16-17,21,29H,4-5,8-15H2,1-3H3. The summed E-state index contributed by atoms with van der Waals surface area (Å²) >= 11 is 6.38. The van der Waals surface area contributed by atoms with Crippen molar-refractivity contribution < 1.29 is 14.7 Å². The molecule has 0 bridgehead atoms. The molecule has 2 aliphatic rings. The fourth-order valence-electron chi connectivity index (χ4n) is 4.52. The van der Waals surface area contributed by atoms with Crippen LogP contribution in [-0.4, -0.2) is 97.1 Å². The number of carbonyl (C=O) groups is 2. The largest absolute Gasteiger partial charge is 0.383 e. The predicted octanol–water partition coefficient (Wildman–Crippen LogP) is 2.32. The number of aliphatic hydroxyl groups excluding tert-OH is 1. The molecule has 172 valence electrons. The van der Waals surface area contributed by atoms with Gasteiger partial charge < -0.3 is 19.8 Å². The molecule has 1 unspecified atom stereocenters. The minimum Gasteiger partial charge on any atom is -0.383 e. The van der Waals surface area contributed by atoms with Gasteiger partial charge in [0.2, 0.25) is 0 Å². The quantitative estimate of drug-likeness (QED) is 0.720. The van der Waals surface area contributed by atoms with Crippen LogP contribution in [0.25, 0.3) is 0 Å². The van der Waals surface area contributed by atoms with E-state index >= 15 is 0 Å². The Labute approximate surface area is 190 Å². The molecular weight excluding hydrogens is 416 g/mol. The number of anilines is 1. The van der Waals surface area contributed by atoms with Gasteiger partial charge in [-0.3, -0.25) is 14.5 Å². The predicted molar refractivity (Wildman–Crippen MR) is 124 cm³/mol. The zero-order chi connectivity index (χ0) is 22.5. The second-order valence-corrected chi connectivity index (χ2v) is 9.15. The summed E-state index contributed by atoms with van der Waals surface area (Å²) in [5.74, 6) is -0.202. The lowest BCUT2D eigenvalue weighted by atomic mass is 10.0. The van der Waals surface area contributed by atoms with Crippen molar-refractivity contribution in [1.29, 1.82) is 0 Å². The Morgan fingerprint density at radius 2 is 1.77 bits per heavy atom. The van der Waals surface area contributed by atoms with Crippen molar-refractivity contribution in [2.75, 3.05) is 58.3 Å². The highest BCUT2D eigenvalue weighted by Crippen LogP contribution is 2.27. The van der Waals surface area contributed by atoms with Gasteiger partial charge in [-0.2, -0.15) is 0 Å². The third-order valence-corrected chi connectivity index (χ3v) is 6.72. The number of amides is 2. The van der Waals surface area contributed by atoms with Gasteiger partial charge in [0, 0.05) is 65.1 Å². The Morgan fingerprint density at radius 3 is 2.32 bits per heavy atom. The molecule has 0 radical (unpaired) electrons. The minimum atomic E-state index is -0.851. The fraction of sp³-hybridized carbons (Fsp3) is 0.652. The van der Waals surface area contributed by atoms with Crippen molar-refractivity contribution in [3.63, 3.8) is 0 Å². The minimum absolute atomic E-state index is 0.0894. The van der Waals surface area contributed by atoms with Gasteiger partial charge in [0.1, 0.15) is 6.10 Å². The van der Waals surface area contributed by atoms with Crippen LogP contribution in [0.4, 0.5) is 5.69 Å². The zero-order valence-electron chi connectivity index (χ0n) is 18.9. The lowest BCUT2D eigenvalue weighted by molar-refractivity contribution is -0.142. The molecule has 0 aliphatic carbocycles. The van der Waals surface area contributed by atoms with Gasteiger partial charge in [0.15, 0.2) is 0 Å². The third-order valence-electron chi connectivity index (χ3n) is 6.41. The van der Waals surface area contributed by atoms with E-state index < -0.39 is 6.10 Å². The Hall–Kier alpha value is -1.83. The van der Waals surface area contributed by atoms with Gasteiger partial charge in [-0.05, 0) is 37.5 Å². The highest BCUT2D eigenvalue weighted by atomic mass is 35.5. The summed E-state index contributed by atoms with van der Waals surface area (Å²) in [6.07, 6.45) is 2.41. The van der Waals surface area contributed by atoms with Gasteiger partial charge in [0.25, 0.3) is 11.8 Å². The van der Waals surface area contributed by atoms with Crippen molar-refractivity contribution in [2.45, 2.75) is 44.8 Å². The lowest BCUT2D eigenvalue weighted by Gasteiger charge is -2.43. The molecule has 0 saturated carbocycles. The molecule has 0 aromatic heterocycles. The molecular formula is C23H35ClN4O3. The maximum absolute atomic E-state index is 12.3. The van der Waals surface area contributed by atoms with E-state index in [4.69, 9.17) is 11.6 Å². The number of rotatable bonds is 6. The number of aliphatic hydroxyl groups is 1. The topological polar surface area (TPSA) is 67.3 Å². The van der Waals surface area contributed by atoms with Crippen LogP contribution in [0.5, 0.6) is 0 Å². The van der Waals surface area contributed by atoms with Crippen LogP contribution >= 0.6 is 11.6 Å². The number of nitrogens with zero attached hydrogens (tertiary/aromatic N) is 4. The first-order chi connectivity index (χ1) is 14.8. The average Bonchev–Trinajstić information content (AvgIpc) is 2.78. The van der Waals surface area contributed by atoms with E-state index in [9.17, 15) is 14.7 Å². The van der Waals surface area contributed by atoms with Crippen LogP contribution in [0.2, 0.25) is 5.02 Å². The average molecular weight is 451 g/mol. The summed E-state index contributed by atoms with van der Waals surface area (Å²) in [6.45, 7) is 7.18. The second-order valence-electron chi connectivity index (χ2n) is 8.75. The van der Waals surface area contributed by atoms with Crippen LogP contribution in [0.3, 0.4) is 0 Å². The zero-order valence-corrected chi connectivity index (χ0v) is 19.6. The molecule has 2 amide bonds. The van der Waals surface area contributed by atoms with Crippen LogP contribution in [0, 0.1) is 0 Å². The number of likely N-dealkylation sites (tertiary alicyclic amines) is 1. The maximum Gasteiger partial charge on any atom is 0.254 e. The number of piperidine rings is 1. The summed E-state index contributed by atoms with van der Waals surface area (Å²) in [7, 11) is 3.44. The third kappa shape index (κ3) is 5.70. The van der Waals surface area contributed by atoms with E-state index in [2.05, 4.69) is 9.80 Å². The van der Waals surface area contributed by atoms with Crippen LogP contribution in [0.1, 0.15) is 43.0 Å². The molecule has 1 aromatic carbocycles. The van der Waals surface area contributed by atoms with E-state index in [1.807, 2.05) is 30.0 Å². The number of halogens is 1. The molecule has 8 heteroatoms. The fourth-order valence-corrected chi connectivity index (χ4v) is 4.78. The summed E-state index contributed by atoms with van der Waals surface area (Å²) in [5.41, 5.74) is 1.57. The molecule has 3 rings (SSSR count). The van der Waals surface area contributed by atoms with Crippen molar-refractivity contribution in [1.82, 2.24) is 14.7 Å². The SMILES string of the molecule is CCCC(O)C(=O)N1CCC(N2CCN(c3ccc(C(=O)N(C)C)c(Cl)c3)CC2)CC1. The van der Waals surface area contributed by atoms with Gasteiger partial charge >= 0.3 is 0 Å². The summed E-state index contributed by atoms with van der Waals surface area (Å²) in [5, 5.41) is 10.5. The van der Waals surface area contributed by atoms with Gasteiger partial charge in [-0.15, -0.1) is 0 Å². The molecule has 2 saturated heterocycles. The summed E-state index contributed by atoms with van der Waals surface area (Å²) in [4.78, 5) is 32.7. The lowest BCUT2D eigenvalue weighted by Crippen LogP contribution is -2.54. The molecule has 2 aliphatic heterocycles. The molecule has 7 nitrogen and oxygen atoms in total. The maximum atomic E-state index is 12.3. The molecule has 2 fully saturated rings. The Balaban J connectivity index is 1.50. The molecule has 0 spiro atoms. The number of piperazine rings is 1. The van der Waals surface area contributed by atoms with Crippen molar-refractivity contribution >= 4 is 29.1 Å². The highest BCUT2D eigenvalue weighted by molar-refractivity contribution is 6.34. The van der Waals surface area contributed by atoms with Crippen molar-refractivity contribution in [3.05, 3.63) is 28.8 Å². The van der Waals surface area contributed by atoms with Crippen LogP contribution in [-0.2, 0) is 4.79 Å². The van der Waals surface area contributed by atoms with E-state index in [-0.39, 0.29) is 11.8 Å². The van der Waals surface area contributed by atoms with E-state index in [1.54, 1.807) is 14.1 Å². The first kappa shape index (κ1) is 23.8. The Kier molecular flexibility index (Phi) is 8.19. The second kappa shape index (κ2) is 10.7. The van der Waals surface area contributed by atoms with Crippen molar-refractivity contribution in [2.24, 2.45) is 0 Å². The number of benzene rings is 1. The number of hydrogen-bond acceptors (Lipinski definition) is 5. The highest BCUT2D eigenvalue weighted by Gasteiger charge is 2.31. The van der Waals surface area contributed by atoms with E-state index in [0.717, 1.165) is 64.2 Å². The number of carbonyl (C=O) groups excluding carboxylic acids is 2. The van der Waals surface area contributed by atoms with Gasteiger partial charge in [0.05, 0.1) is 10.6 Å². The van der Waals surface area contributed by atoms with Crippen molar-refractivity contribution in [3.8, 4) is 0 Å². The number of hydrogen-bond donors (Lipinski definition) is 1. The molecule has 1 N–H and O–H groups in total. The first-order valence-electron chi connectivity index (χ1n) is 11.3. The normalized spacial score (nSPS) is 19.4. The Morgan fingerprint density at radius 1 is 1.13 bits per heavy atom. The summed E-state index contributed by atoms with van der Waals surface area (Å²) < 4.78 is 0. The summed E-state index contributed by atoms with van der Waals surface area (Å²) in [6, 6.07) is 6.16. The van der Waals surface area contributed by atoms with Gasteiger partial charge in [-0.25, -0.2) is 0 Å². The van der Waals surface area contributed by atoms with E-state index in [0.29, 0.717) is 23.0 Å². The van der Waals surface area contributed by atoms with Crippen LogP contribution < -0.4 is 4.90 Å². The van der Waals surface area contributed by atoms with Gasteiger partial charge in [-0.1, -0.05) is 24.9 Å². The molecule has 1 aromatic rings. The molecule has 1 atom stereocenters. The Bertz CT molecular complexity index is 772. The van der Waals surface area contributed by atoms with E-state index in [1.165, 1.54) is 4.90 Å². The van der Waals surface area contributed by atoms with Crippen LogP contribution in [0.15, 0.2) is 18.2 Å². The molecule has 31 heavy (non-hydrogen) atoms. The smallest absolute Gasteiger partial charge is 0.254 e. The monoisotopic (exact) mass is 450 g/mol.